The number of ether oxygens (including phenoxy) is 1. The largest absolute Gasteiger partial charge is 0.508 e. The molecule has 1 heterocycles. The molecule has 0 aromatic heterocycles. The molecule has 1 aliphatic heterocycles. The third kappa shape index (κ3) is 5.70. The topological polar surface area (TPSA) is 78.9 Å². The average molecular weight is 384 g/mol. The van der Waals surface area contributed by atoms with Crippen molar-refractivity contribution in [1.29, 1.82) is 0 Å². The highest BCUT2D eigenvalue weighted by Crippen LogP contribution is 2.20. The second-order valence-corrected chi connectivity index (χ2v) is 7.45. The molecule has 3 rings (SSSR count). The van der Waals surface area contributed by atoms with E-state index in [1.807, 2.05) is 4.90 Å². The number of morpholine rings is 1. The van der Waals surface area contributed by atoms with Gasteiger partial charge in [0.15, 0.2) is 0 Å². The van der Waals surface area contributed by atoms with Gasteiger partial charge in [0.2, 0.25) is 5.91 Å². The molecule has 0 spiro atoms. The van der Waals surface area contributed by atoms with Crippen molar-refractivity contribution in [2.45, 2.75) is 32.3 Å². The molecule has 6 heteroatoms. The van der Waals surface area contributed by atoms with Gasteiger partial charge in [-0.2, -0.15) is 0 Å². The third-order valence-electron chi connectivity index (χ3n) is 5.08. The molecule has 2 N–H and O–H groups in total. The fourth-order valence-electron chi connectivity index (χ4n) is 3.49. The predicted molar refractivity (Wildman–Crippen MR) is 107 cm³/mol. The number of nitrogens with one attached hydrogen (secondary N) is 1. The first-order valence-electron chi connectivity index (χ1n) is 9.85. The van der Waals surface area contributed by atoms with Crippen LogP contribution < -0.4 is 5.32 Å². The molecule has 0 saturated carbocycles. The Morgan fingerprint density at radius 1 is 1.29 bits per heavy atom. The average Bonchev–Trinajstić information content (AvgIpc) is 2.71. The van der Waals surface area contributed by atoms with E-state index in [-0.39, 0.29) is 23.7 Å². The van der Waals surface area contributed by atoms with E-state index in [0.717, 1.165) is 12.8 Å². The molecule has 1 aromatic rings. The van der Waals surface area contributed by atoms with Crippen molar-refractivity contribution in [2.75, 3.05) is 26.2 Å². The van der Waals surface area contributed by atoms with Crippen LogP contribution in [-0.2, 0) is 9.53 Å². The quantitative estimate of drug-likeness (QED) is 0.790. The number of rotatable bonds is 6. The zero-order valence-electron chi connectivity index (χ0n) is 16.3. The lowest BCUT2D eigenvalue weighted by Gasteiger charge is -2.33. The van der Waals surface area contributed by atoms with Crippen molar-refractivity contribution < 1.29 is 19.4 Å². The van der Waals surface area contributed by atoms with Crippen molar-refractivity contribution in [3.05, 3.63) is 53.6 Å². The van der Waals surface area contributed by atoms with E-state index >= 15 is 0 Å². The molecule has 1 saturated heterocycles. The molecule has 28 heavy (non-hydrogen) atoms. The Labute approximate surface area is 165 Å². The van der Waals surface area contributed by atoms with E-state index in [9.17, 15) is 14.7 Å². The van der Waals surface area contributed by atoms with E-state index in [1.54, 1.807) is 12.1 Å². The molecule has 2 aliphatic rings. The van der Waals surface area contributed by atoms with Gasteiger partial charge in [0.25, 0.3) is 5.91 Å². The number of allylic oxidation sites excluding steroid dienone is 4. The van der Waals surface area contributed by atoms with Crippen LogP contribution in [0.1, 0.15) is 36.5 Å². The summed E-state index contributed by atoms with van der Waals surface area (Å²) < 4.78 is 5.70. The van der Waals surface area contributed by atoms with Gasteiger partial charge in [-0.1, -0.05) is 30.7 Å². The molecule has 1 fully saturated rings. The summed E-state index contributed by atoms with van der Waals surface area (Å²) in [5.41, 5.74) is 1.71. The summed E-state index contributed by atoms with van der Waals surface area (Å²) in [6.45, 7) is 4.08. The Morgan fingerprint density at radius 3 is 2.82 bits per heavy atom. The summed E-state index contributed by atoms with van der Waals surface area (Å²) in [7, 11) is 0. The molecule has 150 valence electrons. The van der Waals surface area contributed by atoms with Crippen LogP contribution in [0, 0.1) is 5.92 Å². The minimum Gasteiger partial charge on any atom is -0.508 e. The van der Waals surface area contributed by atoms with E-state index in [1.165, 1.54) is 17.7 Å². The molecule has 0 radical (unpaired) electrons. The molecule has 1 aromatic carbocycles. The summed E-state index contributed by atoms with van der Waals surface area (Å²) in [5.74, 6) is 0.568. The maximum absolute atomic E-state index is 12.6. The normalized spacial score (nSPS) is 21.9. The lowest BCUT2D eigenvalue weighted by atomic mass is 9.95. The number of amides is 2. The van der Waals surface area contributed by atoms with E-state index < -0.39 is 0 Å². The SMILES string of the molecule is CC1C=C(CCC(=O)N2CCO[C@H](CNC(=O)c3ccc(O)cc3)C2)C=CC1. The first kappa shape index (κ1) is 20.1. The van der Waals surface area contributed by atoms with Crippen LogP contribution >= 0.6 is 0 Å². The van der Waals surface area contributed by atoms with Crippen molar-refractivity contribution in [3.63, 3.8) is 0 Å². The highest BCUT2D eigenvalue weighted by atomic mass is 16.5. The summed E-state index contributed by atoms with van der Waals surface area (Å²) in [4.78, 5) is 26.6. The highest BCUT2D eigenvalue weighted by Gasteiger charge is 2.24. The fourth-order valence-corrected chi connectivity index (χ4v) is 3.49. The minimum atomic E-state index is -0.225. The fraction of sp³-hybridized carbons (Fsp3) is 0.455. The zero-order chi connectivity index (χ0) is 19.9. The third-order valence-corrected chi connectivity index (χ3v) is 5.08. The van der Waals surface area contributed by atoms with Gasteiger partial charge in [0, 0.05) is 31.6 Å². The number of phenolic OH excluding ortho intramolecular Hbond substituents is 1. The van der Waals surface area contributed by atoms with Gasteiger partial charge >= 0.3 is 0 Å². The van der Waals surface area contributed by atoms with Crippen molar-refractivity contribution >= 4 is 11.8 Å². The highest BCUT2D eigenvalue weighted by molar-refractivity contribution is 5.94. The second-order valence-electron chi connectivity index (χ2n) is 7.45. The number of aromatic hydroxyl groups is 1. The number of phenols is 1. The van der Waals surface area contributed by atoms with Crippen molar-refractivity contribution in [1.82, 2.24) is 10.2 Å². The zero-order valence-corrected chi connectivity index (χ0v) is 16.3. The molecular formula is C22H28N2O4. The predicted octanol–water partition coefficient (Wildman–Crippen LogP) is 2.65. The van der Waals surface area contributed by atoms with Gasteiger partial charge in [-0.3, -0.25) is 9.59 Å². The number of hydrogen-bond donors (Lipinski definition) is 2. The van der Waals surface area contributed by atoms with Crippen molar-refractivity contribution in [3.8, 4) is 5.75 Å². The number of hydrogen-bond acceptors (Lipinski definition) is 4. The van der Waals surface area contributed by atoms with Crippen LogP contribution in [0.15, 0.2) is 48.1 Å². The second kappa shape index (κ2) is 9.55. The summed E-state index contributed by atoms with van der Waals surface area (Å²) in [6, 6.07) is 6.09. The Hall–Kier alpha value is -2.60. The van der Waals surface area contributed by atoms with Gasteiger partial charge in [-0.25, -0.2) is 0 Å². The molecule has 6 nitrogen and oxygen atoms in total. The Bertz CT molecular complexity index is 754. The smallest absolute Gasteiger partial charge is 0.251 e. The molecule has 2 amide bonds. The van der Waals surface area contributed by atoms with Crippen molar-refractivity contribution in [2.24, 2.45) is 5.92 Å². The summed E-state index contributed by atoms with van der Waals surface area (Å²) in [6.07, 6.45) is 8.65. The number of nitrogens with zero attached hydrogens (tertiary/aromatic N) is 1. The number of carbonyl (C=O) groups excluding carboxylic acids is 2. The maximum atomic E-state index is 12.6. The lowest BCUT2D eigenvalue weighted by molar-refractivity contribution is -0.138. The summed E-state index contributed by atoms with van der Waals surface area (Å²) in [5, 5.41) is 12.1. The van der Waals surface area contributed by atoms with E-state index in [0.29, 0.717) is 44.1 Å². The van der Waals surface area contributed by atoms with Gasteiger partial charge in [-0.15, -0.1) is 0 Å². The van der Waals surface area contributed by atoms with E-state index in [2.05, 4.69) is 30.5 Å². The number of benzene rings is 1. The van der Waals surface area contributed by atoms with Gasteiger partial charge < -0.3 is 20.1 Å². The minimum absolute atomic E-state index is 0.121. The molecule has 0 bridgehead atoms. The van der Waals surface area contributed by atoms with Crippen LogP contribution in [0.3, 0.4) is 0 Å². The maximum Gasteiger partial charge on any atom is 0.251 e. The first-order valence-corrected chi connectivity index (χ1v) is 9.85. The molecular weight excluding hydrogens is 356 g/mol. The van der Waals surface area contributed by atoms with Gasteiger partial charge in [0.05, 0.1) is 12.7 Å². The standard InChI is InChI=1S/C22H28N2O4/c1-16-3-2-4-17(13-16)5-10-21(26)24-11-12-28-20(15-24)14-23-22(27)18-6-8-19(25)9-7-18/h2,4,6-9,13,16,20,25H,3,5,10-12,14-15H2,1H3,(H,23,27)/t16?,20-/m1/s1. The summed E-state index contributed by atoms with van der Waals surface area (Å²) >= 11 is 0. The molecule has 2 atom stereocenters. The molecule has 1 unspecified atom stereocenters. The van der Waals surface area contributed by atoms with E-state index in [4.69, 9.17) is 4.74 Å². The van der Waals surface area contributed by atoms with Crippen LogP contribution in [-0.4, -0.2) is 54.2 Å². The Kier molecular flexibility index (Phi) is 6.87. The van der Waals surface area contributed by atoms with Crippen LogP contribution in [0.5, 0.6) is 5.75 Å². The Balaban J connectivity index is 1.44. The van der Waals surface area contributed by atoms with Crippen LogP contribution in [0.25, 0.3) is 0 Å². The van der Waals surface area contributed by atoms with Gasteiger partial charge in [-0.05, 0) is 43.0 Å². The molecule has 1 aliphatic carbocycles. The van der Waals surface area contributed by atoms with Crippen LogP contribution in [0.4, 0.5) is 0 Å². The Morgan fingerprint density at radius 2 is 2.07 bits per heavy atom. The monoisotopic (exact) mass is 384 g/mol. The van der Waals surface area contributed by atoms with Gasteiger partial charge in [0.1, 0.15) is 5.75 Å². The van der Waals surface area contributed by atoms with Crippen LogP contribution in [0.2, 0.25) is 0 Å². The lowest BCUT2D eigenvalue weighted by Crippen LogP contribution is -2.49. The number of carbonyl (C=O) groups is 2. The first-order chi connectivity index (χ1) is 13.5.